The van der Waals surface area contributed by atoms with Crippen molar-refractivity contribution in [2.24, 2.45) is 10.9 Å². The molecular formula is C26H26N4O7. The molecule has 0 spiro atoms. The maximum atomic E-state index is 12.7. The first-order valence-corrected chi connectivity index (χ1v) is 11.2. The number of carbonyl (C=O) groups excluding carboxylic acids is 2. The maximum Gasteiger partial charge on any atom is 0.326 e. The number of hydrazone groups is 1. The molecule has 11 nitrogen and oxygen atoms in total. The maximum absolute atomic E-state index is 12.7. The molecule has 6 N–H and O–H groups in total. The van der Waals surface area contributed by atoms with E-state index < -0.39 is 48.9 Å². The normalized spacial score (nSPS) is 12.5. The number of nitrogens with two attached hydrogens (primary N) is 1. The molecule has 0 radical (unpaired) electrons. The van der Waals surface area contributed by atoms with E-state index in [9.17, 15) is 29.4 Å². The molecule has 37 heavy (non-hydrogen) atoms. The van der Waals surface area contributed by atoms with Crippen LogP contribution in [-0.4, -0.2) is 58.9 Å². The van der Waals surface area contributed by atoms with Crippen LogP contribution >= 0.6 is 0 Å². The van der Waals surface area contributed by atoms with Crippen LogP contribution in [0.1, 0.15) is 17.5 Å². The number of hydrogen-bond donors (Lipinski definition) is 5. The molecular weight excluding hydrogens is 480 g/mol. The molecule has 0 saturated heterocycles. The fourth-order valence-corrected chi connectivity index (χ4v) is 3.59. The zero-order valence-corrected chi connectivity index (χ0v) is 19.7. The highest BCUT2D eigenvalue weighted by atomic mass is 16.5. The van der Waals surface area contributed by atoms with Crippen molar-refractivity contribution in [2.45, 2.75) is 24.9 Å². The van der Waals surface area contributed by atoms with Crippen LogP contribution in [0.25, 0.3) is 10.8 Å². The molecule has 0 aliphatic rings. The first-order chi connectivity index (χ1) is 17.7. The third-order valence-corrected chi connectivity index (χ3v) is 5.36. The zero-order valence-electron chi connectivity index (χ0n) is 19.7. The van der Waals surface area contributed by atoms with Crippen molar-refractivity contribution in [3.8, 4) is 5.75 Å². The van der Waals surface area contributed by atoms with Gasteiger partial charge in [0.2, 0.25) is 5.91 Å². The van der Waals surface area contributed by atoms with E-state index in [1.165, 1.54) is 6.21 Å². The van der Waals surface area contributed by atoms with Gasteiger partial charge < -0.3 is 31.4 Å². The van der Waals surface area contributed by atoms with Crippen LogP contribution < -0.4 is 21.2 Å². The molecule has 0 bridgehead atoms. The van der Waals surface area contributed by atoms with Crippen molar-refractivity contribution in [1.29, 1.82) is 0 Å². The number of carboxylic acid groups (broad SMARTS) is 2. The van der Waals surface area contributed by atoms with Gasteiger partial charge in [-0.3, -0.25) is 14.4 Å². The fraction of sp³-hybridized carbons (Fsp3) is 0.192. The smallest absolute Gasteiger partial charge is 0.326 e. The number of hydrogen-bond acceptors (Lipinski definition) is 7. The summed E-state index contributed by atoms with van der Waals surface area (Å²) >= 11 is 0. The molecule has 0 aliphatic carbocycles. The molecule has 0 aromatic heterocycles. The Kier molecular flexibility index (Phi) is 9.14. The van der Waals surface area contributed by atoms with Gasteiger partial charge in [-0.25, -0.2) is 4.79 Å². The topological polar surface area (TPSA) is 180 Å². The lowest BCUT2D eigenvalue weighted by molar-refractivity contribution is -0.143. The molecule has 0 aliphatic heterocycles. The minimum absolute atomic E-state index is 0.0127. The number of nitrogens with one attached hydrogen (secondary N) is 2. The number of ether oxygens (including phenoxy) is 1. The summed E-state index contributed by atoms with van der Waals surface area (Å²) in [4.78, 5) is 48.1. The summed E-state index contributed by atoms with van der Waals surface area (Å²) in [5.41, 5.74) is 1.49. The number of fused-ring (bicyclic) bond motifs is 1. The van der Waals surface area contributed by atoms with Gasteiger partial charge in [0, 0.05) is 6.42 Å². The van der Waals surface area contributed by atoms with Crippen molar-refractivity contribution >= 4 is 40.7 Å². The van der Waals surface area contributed by atoms with E-state index in [1.807, 2.05) is 18.2 Å². The van der Waals surface area contributed by atoms with Gasteiger partial charge >= 0.3 is 11.9 Å². The van der Waals surface area contributed by atoms with Gasteiger partial charge in [-0.15, -0.1) is 0 Å². The molecule has 192 valence electrons. The van der Waals surface area contributed by atoms with Crippen LogP contribution in [0.2, 0.25) is 0 Å². The number of nitrogens with zero attached hydrogens (tertiary/aromatic N) is 1. The van der Waals surface area contributed by atoms with Crippen LogP contribution in [0, 0.1) is 0 Å². The van der Waals surface area contributed by atoms with Crippen molar-refractivity contribution in [2.75, 3.05) is 6.61 Å². The summed E-state index contributed by atoms with van der Waals surface area (Å²) in [7, 11) is 0. The largest absolute Gasteiger partial charge is 0.484 e. The van der Waals surface area contributed by atoms with E-state index in [4.69, 9.17) is 10.6 Å². The molecule has 3 rings (SSSR count). The van der Waals surface area contributed by atoms with E-state index in [1.54, 1.807) is 48.5 Å². The second kappa shape index (κ2) is 12.7. The highest BCUT2D eigenvalue weighted by Gasteiger charge is 2.28. The first kappa shape index (κ1) is 26.7. The van der Waals surface area contributed by atoms with Crippen LogP contribution in [0.5, 0.6) is 5.75 Å². The average Bonchev–Trinajstić information content (AvgIpc) is 2.87. The summed E-state index contributed by atoms with van der Waals surface area (Å²) in [6.07, 6.45) is 0.763. The third-order valence-electron chi connectivity index (χ3n) is 5.36. The summed E-state index contributed by atoms with van der Waals surface area (Å²) in [5.74, 6) is 1.25. The van der Waals surface area contributed by atoms with Crippen molar-refractivity contribution in [1.82, 2.24) is 10.6 Å². The molecule has 2 atom stereocenters. The Morgan fingerprint density at radius 3 is 2.30 bits per heavy atom. The van der Waals surface area contributed by atoms with Gasteiger partial charge in [-0.2, -0.15) is 5.10 Å². The number of benzene rings is 3. The molecule has 0 unspecified atom stereocenters. The van der Waals surface area contributed by atoms with E-state index >= 15 is 0 Å². The van der Waals surface area contributed by atoms with Crippen LogP contribution in [-0.2, 0) is 25.6 Å². The number of aliphatic carboxylic acids is 2. The lowest BCUT2D eigenvalue weighted by atomic mass is 10.1. The lowest BCUT2D eigenvalue weighted by Gasteiger charge is -2.20. The number of carboxylic acids is 2. The average molecular weight is 507 g/mol. The van der Waals surface area contributed by atoms with E-state index in [0.717, 1.165) is 16.3 Å². The molecule has 0 saturated carbocycles. The fourth-order valence-electron chi connectivity index (χ4n) is 3.59. The second-order valence-electron chi connectivity index (χ2n) is 8.14. The number of rotatable bonds is 12. The highest BCUT2D eigenvalue weighted by molar-refractivity contribution is 5.93. The van der Waals surface area contributed by atoms with Crippen molar-refractivity contribution in [3.63, 3.8) is 0 Å². The van der Waals surface area contributed by atoms with Gasteiger partial charge in [0.25, 0.3) is 5.91 Å². The highest BCUT2D eigenvalue weighted by Crippen LogP contribution is 2.21. The predicted octanol–water partition coefficient (Wildman–Crippen LogP) is 1.28. The van der Waals surface area contributed by atoms with Crippen LogP contribution in [0.3, 0.4) is 0 Å². The van der Waals surface area contributed by atoms with Crippen LogP contribution in [0.15, 0.2) is 71.8 Å². The standard InChI is InChI=1S/C26H26N4O7/c27-28-14-17-6-7-19-12-20(9-8-18(19)10-17)37-15-23(31)29-21(13-24(32)33)25(34)30-22(26(35)36)11-16-4-2-1-3-5-16/h1-10,12,14,21-22H,11,13,15,27H2,(H,29,31)(H,30,34)(H,32,33)(H,35,36)/t21-,22-/m0/s1. The monoisotopic (exact) mass is 506 g/mol. The Hall–Kier alpha value is -4.93. The van der Waals surface area contributed by atoms with Crippen molar-refractivity contribution < 1.29 is 34.1 Å². The van der Waals surface area contributed by atoms with Gasteiger partial charge in [0.15, 0.2) is 6.61 Å². The molecule has 0 heterocycles. The Labute approximate surface area is 211 Å². The van der Waals surface area contributed by atoms with Gasteiger partial charge in [0.1, 0.15) is 17.8 Å². The molecule has 11 heteroatoms. The van der Waals surface area contributed by atoms with E-state index in [0.29, 0.717) is 11.3 Å². The Bertz CT molecular complexity index is 1310. The Balaban J connectivity index is 1.62. The SMILES string of the molecule is NN=Cc1ccc2cc(OCC(=O)N[C@@H](CC(=O)O)C(=O)N[C@@H](Cc3ccccc3)C(=O)O)ccc2c1. The summed E-state index contributed by atoms with van der Waals surface area (Å²) < 4.78 is 5.51. The Morgan fingerprint density at radius 2 is 1.62 bits per heavy atom. The number of amides is 2. The molecule has 2 amide bonds. The van der Waals surface area contributed by atoms with Gasteiger partial charge in [-0.1, -0.05) is 48.5 Å². The molecule has 0 fully saturated rings. The van der Waals surface area contributed by atoms with Crippen molar-refractivity contribution in [3.05, 3.63) is 77.9 Å². The second-order valence-corrected chi connectivity index (χ2v) is 8.14. The quantitative estimate of drug-likeness (QED) is 0.138. The zero-order chi connectivity index (χ0) is 26.8. The first-order valence-electron chi connectivity index (χ1n) is 11.2. The minimum atomic E-state index is -1.49. The summed E-state index contributed by atoms with van der Waals surface area (Å²) in [6.45, 7) is -0.487. The summed E-state index contributed by atoms with van der Waals surface area (Å²) in [5, 5.41) is 28.5. The minimum Gasteiger partial charge on any atom is -0.484 e. The summed E-state index contributed by atoms with van der Waals surface area (Å²) in [6, 6.07) is 16.5. The molecule has 3 aromatic rings. The number of carbonyl (C=O) groups is 4. The van der Waals surface area contributed by atoms with E-state index in [-0.39, 0.29) is 6.42 Å². The van der Waals surface area contributed by atoms with Gasteiger partial charge in [-0.05, 0) is 40.1 Å². The van der Waals surface area contributed by atoms with Crippen LogP contribution in [0.4, 0.5) is 0 Å². The van der Waals surface area contributed by atoms with E-state index in [2.05, 4.69) is 15.7 Å². The predicted molar refractivity (Wildman–Crippen MR) is 135 cm³/mol. The van der Waals surface area contributed by atoms with Gasteiger partial charge in [0.05, 0.1) is 12.6 Å². The lowest BCUT2D eigenvalue weighted by Crippen LogP contribution is -2.53. The third kappa shape index (κ3) is 8.06. The Morgan fingerprint density at radius 1 is 0.919 bits per heavy atom. The molecule has 3 aromatic carbocycles.